The second kappa shape index (κ2) is 6.89. The van der Waals surface area contributed by atoms with Crippen molar-refractivity contribution < 1.29 is 14.3 Å². The van der Waals surface area contributed by atoms with Crippen LogP contribution in [-0.4, -0.2) is 59.9 Å². The molecule has 2 aromatic rings. The molecular weight excluding hydrogens is 282 g/mol. The van der Waals surface area contributed by atoms with Gasteiger partial charge >= 0.3 is 0 Å². The van der Waals surface area contributed by atoms with Gasteiger partial charge in [-0.3, -0.25) is 4.79 Å². The molecule has 0 radical (unpaired) electrons. The molecule has 22 heavy (non-hydrogen) atoms. The summed E-state index contributed by atoms with van der Waals surface area (Å²) in [6, 6.07) is 7.93. The van der Waals surface area contributed by atoms with Crippen molar-refractivity contribution in [3.05, 3.63) is 30.6 Å². The van der Waals surface area contributed by atoms with Crippen LogP contribution in [0.5, 0.6) is 0 Å². The molecule has 1 unspecified atom stereocenters. The Morgan fingerprint density at radius 3 is 3.09 bits per heavy atom. The summed E-state index contributed by atoms with van der Waals surface area (Å²) in [5, 5.41) is 0. The zero-order valence-corrected chi connectivity index (χ0v) is 12.8. The van der Waals surface area contributed by atoms with E-state index in [-0.39, 0.29) is 12.0 Å². The maximum Gasteiger partial charge on any atom is 0.224 e. The number of carbonyl (C=O) groups is 1. The first-order chi connectivity index (χ1) is 10.7. The van der Waals surface area contributed by atoms with Crippen molar-refractivity contribution in [2.45, 2.75) is 19.1 Å². The molecule has 1 fully saturated rings. The van der Waals surface area contributed by atoms with Crippen LogP contribution in [0.4, 0.5) is 0 Å². The average molecular weight is 303 g/mol. The van der Waals surface area contributed by atoms with Gasteiger partial charge in [0.15, 0.2) is 0 Å². The number of likely N-dealkylation sites (N-methyl/N-ethyl adjacent to an activating group) is 1. The second-order valence-electron chi connectivity index (χ2n) is 5.52. The number of benzene rings is 1. The van der Waals surface area contributed by atoms with E-state index in [1.165, 1.54) is 0 Å². The molecule has 6 heteroatoms. The lowest BCUT2D eigenvalue weighted by Gasteiger charge is -2.27. The van der Waals surface area contributed by atoms with Gasteiger partial charge in [-0.2, -0.15) is 0 Å². The summed E-state index contributed by atoms with van der Waals surface area (Å²) in [5.41, 5.74) is 2.01. The standard InChI is InChI=1S/C16H21N3O3/c1-18(10-13-11-21-8-9-22-13)16(20)6-7-19-12-17-14-4-2-3-5-15(14)19/h2-5,12-13H,6-11H2,1H3. The lowest BCUT2D eigenvalue weighted by atomic mass is 10.3. The van der Waals surface area contributed by atoms with Gasteiger partial charge < -0.3 is 18.9 Å². The molecule has 1 amide bonds. The molecule has 1 atom stereocenters. The van der Waals surface area contributed by atoms with Gasteiger partial charge in [-0.15, -0.1) is 0 Å². The molecule has 0 saturated carbocycles. The Kier molecular flexibility index (Phi) is 4.70. The van der Waals surface area contributed by atoms with E-state index < -0.39 is 0 Å². The predicted octanol–water partition coefficient (Wildman–Crippen LogP) is 1.30. The molecule has 1 aromatic heterocycles. The predicted molar refractivity (Wildman–Crippen MR) is 82.5 cm³/mol. The SMILES string of the molecule is CN(CC1COCCO1)C(=O)CCn1cnc2ccccc21. The Hall–Kier alpha value is -1.92. The highest BCUT2D eigenvalue weighted by Gasteiger charge is 2.19. The van der Waals surface area contributed by atoms with E-state index in [0.29, 0.717) is 39.3 Å². The van der Waals surface area contributed by atoms with E-state index in [4.69, 9.17) is 9.47 Å². The molecular formula is C16H21N3O3. The fourth-order valence-corrected chi connectivity index (χ4v) is 2.64. The smallest absolute Gasteiger partial charge is 0.224 e. The van der Waals surface area contributed by atoms with Crippen LogP contribution in [-0.2, 0) is 20.8 Å². The molecule has 0 N–H and O–H groups in total. The van der Waals surface area contributed by atoms with Crippen LogP contribution >= 0.6 is 0 Å². The van der Waals surface area contributed by atoms with Gasteiger partial charge in [-0.25, -0.2) is 4.98 Å². The maximum absolute atomic E-state index is 12.2. The molecule has 1 aliphatic rings. The van der Waals surface area contributed by atoms with Crippen molar-refractivity contribution in [3.8, 4) is 0 Å². The lowest BCUT2D eigenvalue weighted by molar-refractivity contribution is -0.136. The number of ether oxygens (including phenoxy) is 2. The van der Waals surface area contributed by atoms with Crippen molar-refractivity contribution in [1.82, 2.24) is 14.5 Å². The van der Waals surface area contributed by atoms with Gasteiger partial charge in [0.25, 0.3) is 0 Å². The van der Waals surface area contributed by atoms with Crippen LogP contribution in [0.2, 0.25) is 0 Å². The van der Waals surface area contributed by atoms with Gasteiger partial charge in [0.05, 0.1) is 43.3 Å². The van der Waals surface area contributed by atoms with Crippen LogP contribution < -0.4 is 0 Å². The van der Waals surface area contributed by atoms with Crippen molar-refractivity contribution in [2.24, 2.45) is 0 Å². The number of amides is 1. The topological polar surface area (TPSA) is 56.6 Å². The van der Waals surface area contributed by atoms with Crippen LogP contribution in [0.25, 0.3) is 11.0 Å². The lowest BCUT2D eigenvalue weighted by Crippen LogP contribution is -2.41. The number of para-hydroxylation sites is 2. The van der Waals surface area contributed by atoms with Gasteiger partial charge in [-0.1, -0.05) is 12.1 Å². The molecule has 1 aromatic carbocycles. The number of rotatable bonds is 5. The number of imidazole rings is 1. The van der Waals surface area contributed by atoms with Gasteiger partial charge in [0.1, 0.15) is 0 Å². The highest BCUT2D eigenvalue weighted by atomic mass is 16.6. The summed E-state index contributed by atoms with van der Waals surface area (Å²) in [5.74, 6) is 0.104. The molecule has 6 nitrogen and oxygen atoms in total. The van der Waals surface area contributed by atoms with E-state index in [9.17, 15) is 4.79 Å². The third kappa shape index (κ3) is 3.45. The molecule has 118 valence electrons. The molecule has 0 aliphatic carbocycles. The summed E-state index contributed by atoms with van der Waals surface area (Å²) in [4.78, 5) is 18.3. The minimum atomic E-state index is -0.0169. The van der Waals surface area contributed by atoms with Gasteiger partial charge in [0, 0.05) is 26.6 Å². The van der Waals surface area contributed by atoms with Gasteiger partial charge in [0.2, 0.25) is 5.91 Å². The van der Waals surface area contributed by atoms with Gasteiger partial charge in [-0.05, 0) is 12.1 Å². The Bertz CT molecular complexity index is 634. The van der Waals surface area contributed by atoms with E-state index in [0.717, 1.165) is 11.0 Å². The average Bonchev–Trinajstić information content (AvgIpc) is 2.97. The number of aromatic nitrogens is 2. The van der Waals surface area contributed by atoms with E-state index in [1.807, 2.05) is 35.9 Å². The first kappa shape index (κ1) is 15.0. The number of fused-ring (bicyclic) bond motifs is 1. The van der Waals surface area contributed by atoms with Crippen molar-refractivity contribution in [3.63, 3.8) is 0 Å². The summed E-state index contributed by atoms with van der Waals surface area (Å²) >= 11 is 0. The van der Waals surface area contributed by atoms with Crippen molar-refractivity contribution in [2.75, 3.05) is 33.4 Å². The minimum absolute atomic E-state index is 0.0169. The number of aryl methyl sites for hydroxylation is 1. The normalized spacial score (nSPS) is 18.5. The first-order valence-electron chi connectivity index (χ1n) is 7.57. The molecule has 3 rings (SSSR count). The summed E-state index contributed by atoms with van der Waals surface area (Å²) < 4.78 is 12.9. The molecule has 0 bridgehead atoms. The summed E-state index contributed by atoms with van der Waals surface area (Å²) in [7, 11) is 1.81. The number of nitrogens with zero attached hydrogens (tertiary/aromatic N) is 3. The summed E-state index contributed by atoms with van der Waals surface area (Å²) in [6.07, 6.45) is 2.22. The summed E-state index contributed by atoms with van der Waals surface area (Å²) in [6.45, 7) is 3.01. The fraction of sp³-hybridized carbons (Fsp3) is 0.500. The van der Waals surface area contributed by atoms with Crippen molar-refractivity contribution in [1.29, 1.82) is 0 Å². The Morgan fingerprint density at radius 1 is 1.41 bits per heavy atom. The number of hydrogen-bond donors (Lipinski definition) is 0. The third-order valence-corrected chi connectivity index (χ3v) is 3.88. The largest absolute Gasteiger partial charge is 0.376 e. The zero-order valence-electron chi connectivity index (χ0n) is 12.8. The maximum atomic E-state index is 12.2. The molecule has 2 heterocycles. The second-order valence-corrected chi connectivity index (χ2v) is 5.52. The van der Waals surface area contributed by atoms with E-state index in [2.05, 4.69) is 4.98 Å². The Labute approximate surface area is 129 Å². The van der Waals surface area contributed by atoms with Crippen LogP contribution in [0.3, 0.4) is 0 Å². The zero-order chi connectivity index (χ0) is 15.4. The monoisotopic (exact) mass is 303 g/mol. The molecule has 1 saturated heterocycles. The molecule has 0 spiro atoms. The number of hydrogen-bond acceptors (Lipinski definition) is 4. The highest BCUT2D eigenvalue weighted by Crippen LogP contribution is 2.12. The van der Waals surface area contributed by atoms with Crippen LogP contribution in [0, 0.1) is 0 Å². The highest BCUT2D eigenvalue weighted by molar-refractivity contribution is 5.77. The van der Waals surface area contributed by atoms with E-state index >= 15 is 0 Å². The Balaban J connectivity index is 1.53. The first-order valence-corrected chi connectivity index (χ1v) is 7.57. The minimum Gasteiger partial charge on any atom is -0.376 e. The number of carbonyl (C=O) groups excluding carboxylic acids is 1. The molecule has 1 aliphatic heterocycles. The Morgan fingerprint density at radius 2 is 2.27 bits per heavy atom. The fourth-order valence-electron chi connectivity index (χ4n) is 2.64. The third-order valence-electron chi connectivity index (χ3n) is 3.88. The van der Waals surface area contributed by atoms with Crippen LogP contribution in [0.1, 0.15) is 6.42 Å². The van der Waals surface area contributed by atoms with Crippen molar-refractivity contribution >= 4 is 16.9 Å². The quantitative estimate of drug-likeness (QED) is 0.835. The van der Waals surface area contributed by atoms with E-state index in [1.54, 1.807) is 11.2 Å². The van der Waals surface area contributed by atoms with Crippen LogP contribution in [0.15, 0.2) is 30.6 Å².